The molecule has 0 atom stereocenters. The number of benzene rings is 2. The van der Waals surface area contributed by atoms with E-state index in [2.05, 4.69) is 24.0 Å². The molecule has 0 saturated carbocycles. The monoisotopic (exact) mass is 573 g/mol. The Morgan fingerprint density at radius 1 is 1.10 bits per heavy atom. The van der Waals surface area contributed by atoms with E-state index in [1.54, 1.807) is 12.1 Å². The Hall–Kier alpha value is -3.51. The van der Waals surface area contributed by atoms with Crippen LogP contribution < -0.4 is 10.1 Å². The van der Waals surface area contributed by atoms with Gasteiger partial charge < -0.3 is 15.2 Å². The Morgan fingerprint density at radius 2 is 1.93 bits per heavy atom. The van der Waals surface area contributed by atoms with Crippen molar-refractivity contribution in [2.75, 3.05) is 26.8 Å². The average molecular weight is 574 g/mol. The first-order valence-corrected chi connectivity index (χ1v) is 14.5. The molecule has 0 amide bonds. The van der Waals surface area contributed by atoms with Crippen LogP contribution in [0.2, 0.25) is 5.02 Å². The minimum absolute atomic E-state index is 0.0538. The first-order chi connectivity index (χ1) is 20.0. The van der Waals surface area contributed by atoms with Crippen molar-refractivity contribution >= 4 is 29.0 Å². The van der Waals surface area contributed by atoms with Gasteiger partial charge in [0, 0.05) is 24.1 Å². The highest BCUT2D eigenvalue weighted by Gasteiger charge is 2.24. The molecule has 0 fully saturated rings. The molecule has 0 aromatic heterocycles. The number of ketones is 1. The minimum atomic E-state index is -0.358. The summed E-state index contributed by atoms with van der Waals surface area (Å²) in [6.07, 6.45) is 18.4. The van der Waals surface area contributed by atoms with E-state index in [-0.39, 0.29) is 18.2 Å². The first kappa shape index (κ1) is 30.4. The van der Waals surface area contributed by atoms with Crippen LogP contribution in [0.4, 0.5) is 4.39 Å². The van der Waals surface area contributed by atoms with Crippen molar-refractivity contribution in [3.8, 4) is 5.75 Å². The molecule has 2 N–H and O–H groups in total. The molecule has 0 spiro atoms. The molecular formula is C35H37ClFNO3. The van der Waals surface area contributed by atoms with Gasteiger partial charge in [0.25, 0.3) is 0 Å². The summed E-state index contributed by atoms with van der Waals surface area (Å²) in [4.78, 5) is 12.8. The van der Waals surface area contributed by atoms with Crippen molar-refractivity contribution < 1.29 is 19.0 Å². The van der Waals surface area contributed by atoms with E-state index in [1.165, 1.54) is 13.2 Å². The van der Waals surface area contributed by atoms with Crippen LogP contribution in [-0.2, 0) is 6.42 Å². The molecule has 0 aliphatic heterocycles. The van der Waals surface area contributed by atoms with E-state index in [4.69, 9.17) is 21.4 Å². The second-order valence-electron chi connectivity index (χ2n) is 10.1. The normalized spacial score (nSPS) is 17.7. The maximum Gasteiger partial charge on any atom is 0.164 e. The number of unbranched alkanes of at least 4 members (excludes halogenated alkanes) is 2. The van der Waals surface area contributed by atoms with Crippen molar-refractivity contribution in [3.05, 3.63) is 123 Å². The van der Waals surface area contributed by atoms with Crippen molar-refractivity contribution in [2.24, 2.45) is 0 Å². The molecule has 41 heavy (non-hydrogen) atoms. The fraction of sp³-hybridized carbons (Fsp3) is 0.286. The fourth-order valence-electron chi connectivity index (χ4n) is 5.23. The van der Waals surface area contributed by atoms with Crippen LogP contribution in [-0.4, -0.2) is 37.7 Å². The molecule has 2 aromatic carbocycles. The summed E-state index contributed by atoms with van der Waals surface area (Å²) in [6, 6.07) is 9.21. The van der Waals surface area contributed by atoms with Gasteiger partial charge in [-0.15, -0.1) is 0 Å². The third-order valence-electron chi connectivity index (χ3n) is 7.37. The lowest BCUT2D eigenvalue weighted by Gasteiger charge is -2.18. The molecule has 0 unspecified atom stereocenters. The van der Waals surface area contributed by atoms with Crippen molar-refractivity contribution in [2.45, 2.75) is 38.5 Å². The van der Waals surface area contributed by atoms with Crippen LogP contribution in [0.5, 0.6) is 5.75 Å². The Balaban J connectivity index is 1.46. The number of aliphatic hydroxyl groups excluding tert-OH is 1. The molecule has 214 valence electrons. The molecule has 0 radical (unpaired) electrons. The van der Waals surface area contributed by atoms with Crippen LogP contribution in [0.3, 0.4) is 0 Å². The zero-order chi connectivity index (χ0) is 29.2. The zero-order valence-corrected chi connectivity index (χ0v) is 24.3. The van der Waals surface area contributed by atoms with Gasteiger partial charge in [0.05, 0.1) is 24.3 Å². The number of carbonyl (C=O) groups is 1. The van der Waals surface area contributed by atoms with Crippen LogP contribution >= 0.6 is 11.6 Å². The lowest BCUT2D eigenvalue weighted by molar-refractivity contribution is 0.0979. The largest absolute Gasteiger partial charge is 0.496 e. The van der Waals surface area contributed by atoms with Gasteiger partial charge in [0.2, 0.25) is 0 Å². The van der Waals surface area contributed by atoms with Crippen molar-refractivity contribution in [1.82, 2.24) is 5.32 Å². The molecular weight excluding hydrogens is 537 g/mol. The fourth-order valence-corrected chi connectivity index (χ4v) is 5.54. The number of ether oxygens (including phenoxy) is 1. The van der Waals surface area contributed by atoms with Gasteiger partial charge in [-0.25, -0.2) is 4.39 Å². The van der Waals surface area contributed by atoms with Crippen LogP contribution in [0.1, 0.15) is 59.2 Å². The molecule has 4 rings (SSSR count). The van der Waals surface area contributed by atoms with Crippen LogP contribution in [0.15, 0.2) is 90.1 Å². The topological polar surface area (TPSA) is 58.6 Å². The minimum Gasteiger partial charge on any atom is -0.496 e. The average Bonchev–Trinajstić information content (AvgIpc) is 3.36. The van der Waals surface area contributed by atoms with E-state index >= 15 is 4.39 Å². The highest BCUT2D eigenvalue weighted by molar-refractivity contribution is 6.34. The molecule has 0 bridgehead atoms. The summed E-state index contributed by atoms with van der Waals surface area (Å²) < 4.78 is 20.9. The van der Waals surface area contributed by atoms with Gasteiger partial charge >= 0.3 is 0 Å². The second-order valence-corrected chi connectivity index (χ2v) is 10.5. The third kappa shape index (κ3) is 7.42. The lowest BCUT2D eigenvalue weighted by atomic mass is 9.87. The zero-order valence-electron chi connectivity index (χ0n) is 23.5. The Bertz CT molecular complexity index is 1450. The molecule has 2 aromatic rings. The molecule has 2 aliphatic rings. The highest BCUT2D eigenvalue weighted by atomic mass is 35.5. The van der Waals surface area contributed by atoms with Gasteiger partial charge in [-0.05, 0) is 84.3 Å². The first-order valence-electron chi connectivity index (χ1n) is 14.1. The summed E-state index contributed by atoms with van der Waals surface area (Å²) in [5.41, 5.74) is 6.34. The number of aliphatic hydroxyl groups is 1. The van der Waals surface area contributed by atoms with Gasteiger partial charge in [-0.1, -0.05) is 73.2 Å². The van der Waals surface area contributed by atoms with E-state index < -0.39 is 0 Å². The highest BCUT2D eigenvalue weighted by Crippen LogP contribution is 2.42. The number of allylic oxidation sites excluding steroid dienone is 10. The van der Waals surface area contributed by atoms with E-state index in [9.17, 15) is 4.79 Å². The number of Topliss-reactive ketones (excluding diaryl/α,β-unsaturated/α-hetero) is 1. The molecule has 6 heteroatoms. The number of rotatable bonds is 14. The number of hydrogen-bond acceptors (Lipinski definition) is 4. The summed E-state index contributed by atoms with van der Waals surface area (Å²) in [5.74, 6) is 0.145. The summed E-state index contributed by atoms with van der Waals surface area (Å²) in [7, 11) is 1.52. The smallest absolute Gasteiger partial charge is 0.164 e. The van der Waals surface area contributed by atoms with Crippen LogP contribution in [0, 0.1) is 5.82 Å². The van der Waals surface area contributed by atoms with E-state index in [0.29, 0.717) is 46.8 Å². The molecule has 0 heterocycles. The molecule has 0 saturated heterocycles. The van der Waals surface area contributed by atoms with E-state index in [1.807, 2.05) is 42.5 Å². The number of fused-ring (bicyclic) bond motifs is 1. The van der Waals surface area contributed by atoms with E-state index in [0.717, 1.165) is 60.1 Å². The quantitative estimate of drug-likeness (QED) is 0.179. The summed E-state index contributed by atoms with van der Waals surface area (Å²) in [5, 5.41) is 12.4. The number of methoxy groups -OCH3 is 1. The Kier molecular flexibility index (Phi) is 11.1. The Labute approximate surface area is 247 Å². The van der Waals surface area contributed by atoms with Gasteiger partial charge in [0.15, 0.2) is 5.78 Å². The third-order valence-corrected chi connectivity index (χ3v) is 7.68. The van der Waals surface area contributed by atoms with Crippen molar-refractivity contribution in [1.29, 1.82) is 0 Å². The molecule has 2 aliphatic carbocycles. The number of hydrogen-bond donors (Lipinski definition) is 2. The van der Waals surface area contributed by atoms with Gasteiger partial charge in [-0.2, -0.15) is 0 Å². The number of carbonyl (C=O) groups excluding carboxylic acids is 1. The number of nitrogens with one attached hydrogen (secondary N) is 1. The standard InChI is InChI=1S/C35H37ClFNO3/c1-3-26-34(41-2)18-17-30(35(26)37)29-16-15-27-25(10-6-4-7-11-28(27)29)22-24-13-14-31(32(36)23-24)33(40)12-8-5-9-19-38-20-21-39/h3-4,7,10-11,13-18,23,38-39H,1,5-6,8-9,12,19-22H2,2H3/b7-4-,25-10+,28-11+. The van der Waals surface area contributed by atoms with Gasteiger partial charge in [0.1, 0.15) is 11.6 Å². The van der Waals surface area contributed by atoms with Crippen LogP contribution in [0.25, 0.3) is 11.6 Å². The maximum absolute atomic E-state index is 15.5. The maximum atomic E-state index is 15.5. The predicted octanol–water partition coefficient (Wildman–Crippen LogP) is 7.83. The second kappa shape index (κ2) is 14.9. The lowest BCUT2D eigenvalue weighted by Crippen LogP contribution is -2.19. The predicted molar refractivity (Wildman–Crippen MR) is 167 cm³/mol. The molecule has 4 nitrogen and oxygen atoms in total. The summed E-state index contributed by atoms with van der Waals surface area (Å²) in [6.45, 7) is 5.33. The Morgan fingerprint density at radius 3 is 2.68 bits per heavy atom. The van der Waals surface area contributed by atoms with Gasteiger partial charge in [-0.3, -0.25) is 4.79 Å². The summed E-state index contributed by atoms with van der Waals surface area (Å²) >= 11 is 6.60. The number of halogens is 2. The van der Waals surface area contributed by atoms with Crippen molar-refractivity contribution in [3.63, 3.8) is 0 Å². The SMILES string of the molecule is C=Cc1c(OC)ccc(C2=CC=C3/C(Cc4ccc(C(=O)CCCCCNCCO)c(Cl)c4)=C/C/C=C\C=C/32)c1F.